The van der Waals surface area contributed by atoms with Crippen LogP contribution < -0.4 is 5.73 Å². The molecule has 0 saturated carbocycles. The van der Waals surface area contributed by atoms with Crippen LogP contribution in [-0.4, -0.2) is 48.7 Å². The van der Waals surface area contributed by atoms with Crippen LogP contribution in [0.4, 0.5) is 10.2 Å². The van der Waals surface area contributed by atoms with E-state index in [4.69, 9.17) is 5.73 Å². The van der Waals surface area contributed by atoms with E-state index in [1.165, 1.54) is 23.0 Å². The summed E-state index contributed by atoms with van der Waals surface area (Å²) in [5.74, 6) is -0.482. The fraction of sp³-hybridized carbons (Fsp3) is 0.391. The van der Waals surface area contributed by atoms with Crippen molar-refractivity contribution in [2.45, 2.75) is 52.6 Å². The Hall–Kier alpha value is -3.49. The van der Waals surface area contributed by atoms with Gasteiger partial charge in [0.1, 0.15) is 11.6 Å². The molecular weight excluding hydrogens is 411 g/mol. The Kier molecular flexibility index (Phi) is 5.82. The fourth-order valence-electron chi connectivity index (χ4n) is 4.20. The highest BCUT2D eigenvalue weighted by Crippen LogP contribution is 2.26. The molecule has 2 aromatic heterocycles. The lowest BCUT2D eigenvalue weighted by atomic mass is 10.0. The molecule has 0 spiro atoms. The van der Waals surface area contributed by atoms with E-state index in [0.29, 0.717) is 25.2 Å². The highest BCUT2D eigenvalue weighted by atomic mass is 19.1. The van der Waals surface area contributed by atoms with Crippen molar-refractivity contribution in [3.8, 4) is 5.69 Å². The SMILES string of the molecule is Cc1nn(CCC(=O)N2CCC[C@H]2C(=O)c2cnn(-c3ccc(F)cc3)c2N)c(C)c1C. The van der Waals surface area contributed by atoms with Gasteiger partial charge in [0, 0.05) is 25.2 Å². The molecule has 1 aliphatic heterocycles. The monoisotopic (exact) mass is 438 g/mol. The number of nitrogen functional groups attached to an aromatic ring is 1. The summed E-state index contributed by atoms with van der Waals surface area (Å²) < 4.78 is 16.5. The first-order chi connectivity index (χ1) is 15.3. The Morgan fingerprint density at radius 1 is 1.19 bits per heavy atom. The van der Waals surface area contributed by atoms with E-state index in [-0.39, 0.29) is 35.3 Å². The lowest BCUT2D eigenvalue weighted by molar-refractivity contribution is -0.131. The third kappa shape index (κ3) is 3.90. The smallest absolute Gasteiger partial charge is 0.225 e. The number of aromatic nitrogens is 4. The zero-order valence-electron chi connectivity index (χ0n) is 18.5. The number of aryl methyl sites for hydroxylation is 2. The summed E-state index contributed by atoms with van der Waals surface area (Å²) in [6.45, 7) is 6.97. The predicted octanol–water partition coefficient (Wildman–Crippen LogP) is 2.98. The number of amides is 1. The van der Waals surface area contributed by atoms with Crippen LogP contribution in [0.25, 0.3) is 5.69 Å². The third-order valence-electron chi connectivity index (χ3n) is 6.30. The molecule has 0 aliphatic carbocycles. The van der Waals surface area contributed by atoms with Gasteiger partial charge in [0.25, 0.3) is 0 Å². The van der Waals surface area contributed by atoms with Gasteiger partial charge < -0.3 is 10.6 Å². The molecule has 1 fully saturated rings. The Labute approximate surface area is 185 Å². The van der Waals surface area contributed by atoms with E-state index < -0.39 is 6.04 Å². The van der Waals surface area contributed by atoms with Gasteiger partial charge in [0.15, 0.2) is 5.78 Å². The first kappa shape index (κ1) is 21.7. The lowest BCUT2D eigenvalue weighted by Gasteiger charge is -2.23. The van der Waals surface area contributed by atoms with Crippen molar-refractivity contribution in [2.24, 2.45) is 0 Å². The molecule has 1 aliphatic rings. The number of halogens is 1. The number of carbonyl (C=O) groups excluding carboxylic acids is 2. The number of anilines is 1. The summed E-state index contributed by atoms with van der Waals surface area (Å²) in [6.07, 6.45) is 3.04. The average Bonchev–Trinajstić information content (AvgIpc) is 3.47. The molecular formula is C23H27FN6O2. The van der Waals surface area contributed by atoms with Crippen molar-refractivity contribution < 1.29 is 14.0 Å². The second-order valence-electron chi connectivity index (χ2n) is 8.21. The molecule has 3 aromatic rings. The van der Waals surface area contributed by atoms with Crippen LogP contribution in [0.2, 0.25) is 0 Å². The molecule has 0 radical (unpaired) electrons. The molecule has 168 valence electrons. The number of carbonyl (C=O) groups is 2. The summed E-state index contributed by atoms with van der Waals surface area (Å²) >= 11 is 0. The van der Waals surface area contributed by atoms with Crippen molar-refractivity contribution >= 4 is 17.5 Å². The Bertz CT molecular complexity index is 1160. The molecule has 2 N–H and O–H groups in total. The van der Waals surface area contributed by atoms with Crippen LogP contribution in [0.15, 0.2) is 30.5 Å². The summed E-state index contributed by atoms with van der Waals surface area (Å²) in [5, 5.41) is 8.69. The molecule has 3 heterocycles. The van der Waals surface area contributed by atoms with E-state index in [1.54, 1.807) is 17.0 Å². The Morgan fingerprint density at radius 3 is 2.56 bits per heavy atom. The summed E-state index contributed by atoms with van der Waals surface area (Å²) in [4.78, 5) is 27.9. The molecule has 1 amide bonds. The van der Waals surface area contributed by atoms with E-state index >= 15 is 0 Å². The van der Waals surface area contributed by atoms with Crippen LogP contribution in [0, 0.1) is 26.6 Å². The average molecular weight is 439 g/mol. The van der Waals surface area contributed by atoms with Crippen molar-refractivity contribution in [3.63, 3.8) is 0 Å². The topological polar surface area (TPSA) is 99.0 Å². The van der Waals surface area contributed by atoms with Crippen molar-refractivity contribution in [3.05, 3.63) is 58.8 Å². The summed E-state index contributed by atoms with van der Waals surface area (Å²) in [6, 6.07) is 5.13. The normalized spacial score (nSPS) is 16.0. The van der Waals surface area contributed by atoms with Crippen molar-refractivity contribution in [1.82, 2.24) is 24.5 Å². The maximum atomic E-state index is 13.3. The number of ketones is 1. The molecule has 1 atom stereocenters. The molecule has 9 heteroatoms. The molecule has 8 nitrogen and oxygen atoms in total. The Balaban J connectivity index is 1.48. The van der Waals surface area contributed by atoms with Gasteiger partial charge in [-0.3, -0.25) is 14.3 Å². The predicted molar refractivity (Wildman–Crippen MR) is 118 cm³/mol. The highest BCUT2D eigenvalue weighted by molar-refractivity contribution is 6.05. The first-order valence-electron chi connectivity index (χ1n) is 10.7. The van der Waals surface area contributed by atoms with Gasteiger partial charge in [-0.1, -0.05) is 0 Å². The number of nitrogens with two attached hydrogens (primary N) is 1. The van der Waals surface area contributed by atoms with Gasteiger partial charge in [-0.15, -0.1) is 0 Å². The minimum absolute atomic E-state index is 0.0736. The van der Waals surface area contributed by atoms with Crippen LogP contribution >= 0.6 is 0 Å². The number of hydrogen-bond donors (Lipinski definition) is 1. The third-order valence-corrected chi connectivity index (χ3v) is 6.30. The van der Waals surface area contributed by atoms with Crippen LogP contribution in [0.5, 0.6) is 0 Å². The summed E-state index contributed by atoms with van der Waals surface area (Å²) in [5.41, 5.74) is 10.2. The summed E-state index contributed by atoms with van der Waals surface area (Å²) in [7, 11) is 0. The first-order valence-corrected chi connectivity index (χ1v) is 10.7. The van der Waals surface area contributed by atoms with E-state index in [9.17, 15) is 14.0 Å². The number of nitrogens with zero attached hydrogens (tertiary/aromatic N) is 5. The minimum atomic E-state index is -0.558. The second kappa shape index (κ2) is 8.57. The van der Waals surface area contributed by atoms with E-state index in [2.05, 4.69) is 10.2 Å². The standard InChI is InChI=1S/C23H27FN6O2/c1-14-15(2)27-29(16(14)3)12-10-21(31)28-11-4-5-20(28)22(32)19-13-26-30(23(19)25)18-8-6-17(24)7-9-18/h6-9,13,20H,4-5,10-12,25H2,1-3H3/t20-/m0/s1. The quantitative estimate of drug-likeness (QED) is 0.597. The van der Waals surface area contributed by atoms with Crippen LogP contribution in [0.3, 0.4) is 0 Å². The van der Waals surface area contributed by atoms with E-state index in [1.807, 2.05) is 25.5 Å². The number of rotatable bonds is 6. The number of hydrogen-bond acceptors (Lipinski definition) is 5. The molecule has 1 aromatic carbocycles. The van der Waals surface area contributed by atoms with Crippen LogP contribution in [-0.2, 0) is 11.3 Å². The maximum Gasteiger partial charge on any atom is 0.225 e. The molecule has 0 bridgehead atoms. The van der Waals surface area contributed by atoms with Gasteiger partial charge in [-0.25, -0.2) is 9.07 Å². The van der Waals surface area contributed by atoms with Crippen molar-refractivity contribution in [2.75, 3.05) is 12.3 Å². The highest BCUT2D eigenvalue weighted by Gasteiger charge is 2.36. The molecule has 4 rings (SSSR count). The number of benzene rings is 1. The van der Waals surface area contributed by atoms with E-state index in [0.717, 1.165) is 23.4 Å². The van der Waals surface area contributed by atoms with Gasteiger partial charge in [-0.2, -0.15) is 10.2 Å². The fourth-order valence-corrected chi connectivity index (χ4v) is 4.20. The lowest BCUT2D eigenvalue weighted by Crippen LogP contribution is -2.41. The van der Waals surface area contributed by atoms with Gasteiger partial charge in [0.05, 0.1) is 29.2 Å². The maximum absolute atomic E-state index is 13.3. The largest absolute Gasteiger partial charge is 0.383 e. The molecule has 0 unspecified atom stereocenters. The van der Waals surface area contributed by atoms with Gasteiger partial charge >= 0.3 is 0 Å². The minimum Gasteiger partial charge on any atom is -0.383 e. The van der Waals surface area contributed by atoms with Crippen molar-refractivity contribution in [1.29, 1.82) is 0 Å². The zero-order valence-corrected chi connectivity index (χ0v) is 18.5. The second-order valence-corrected chi connectivity index (χ2v) is 8.21. The van der Waals surface area contributed by atoms with Gasteiger partial charge in [-0.05, 0) is 63.4 Å². The van der Waals surface area contributed by atoms with Crippen LogP contribution in [0.1, 0.15) is 46.6 Å². The number of Topliss-reactive ketones (excluding diaryl/α,β-unsaturated/α-hetero) is 1. The Morgan fingerprint density at radius 2 is 1.91 bits per heavy atom. The van der Waals surface area contributed by atoms with Gasteiger partial charge in [0.2, 0.25) is 5.91 Å². The zero-order chi connectivity index (χ0) is 23.0. The molecule has 32 heavy (non-hydrogen) atoms. The molecule has 1 saturated heterocycles. The number of likely N-dealkylation sites (tertiary alicyclic amines) is 1.